The molecule has 0 spiro atoms. The number of aromatic nitrogens is 1. The second kappa shape index (κ2) is 7.46. The van der Waals surface area contributed by atoms with Crippen LogP contribution in [-0.2, 0) is 4.74 Å². The number of ether oxygens (including phenoxy) is 2. The van der Waals surface area contributed by atoms with Crippen LogP contribution in [0.15, 0.2) is 18.3 Å². The van der Waals surface area contributed by atoms with E-state index in [9.17, 15) is 9.90 Å². The van der Waals surface area contributed by atoms with Gasteiger partial charge in [-0.25, -0.2) is 4.98 Å². The van der Waals surface area contributed by atoms with Gasteiger partial charge in [-0.05, 0) is 25.5 Å². The van der Waals surface area contributed by atoms with Crippen molar-refractivity contribution in [2.24, 2.45) is 0 Å². The van der Waals surface area contributed by atoms with Crippen molar-refractivity contribution in [2.75, 3.05) is 52.5 Å². The van der Waals surface area contributed by atoms with Crippen molar-refractivity contribution in [3.8, 4) is 5.88 Å². The molecule has 1 amide bonds. The standard InChI is InChI=1S/C17H25N3O4/c1-2-24-15-14(4-3-6-18-15)16(21)20-7-5-17(22,13-20)12-19-8-10-23-11-9-19/h3-4,6,22H,2,5,7-13H2,1H3. The summed E-state index contributed by atoms with van der Waals surface area (Å²) < 4.78 is 10.8. The fourth-order valence-corrected chi connectivity index (χ4v) is 3.31. The molecule has 0 radical (unpaired) electrons. The van der Waals surface area contributed by atoms with Crippen LogP contribution in [0.4, 0.5) is 0 Å². The average Bonchev–Trinajstić information content (AvgIpc) is 2.98. The Morgan fingerprint density at radius 2 is 2.21 bits per heavy atom. The van der Waals surface area contributed by atoms with E-state index in [2.05, 4.69) is 9.88 Å². The molecule has 1 unspecified atom stereocenters. The van der Waals surface area contributed by atoms with E-state index < -0.39 is 5.60 Å². The molecular formula is C17H25N3O4. The Morgan fingerprint density at radius 1 is 1.42 bits per heavy atom. The van der Waals surface area contributed by atoms with Crippen LogP contribution >= 0.6 is 0 Å². The molecule has 3 rings (SSSR count). The lowest BCUT2D eigenvalue weighted by molar-refractivity contribution is -0.0257. The van der Waals surface area contributed by atoms with Gasteiger partial charge in [0.15, 0.2) is 0 Å². The molecule has 2 fully saturated rings. The third-order valence-corrected chi connectivity index (χ3v) is 4.52. The molecule has 132 valence electrons. The van der Waals surface area contributed by atoms with Crippen molar-refractivity contribution < 1.29 is 19.4 Å². The number of hydrogen-bond donors (Lipinski definition) is 1. The first-order valence-corrected chi connectivity index (χ1v) is 8.51. The molecule has 2 saturated heterocycles. The van der Waals surface area contributed by atoms with Crippen LogP contribution in [0.25, 0.3) is 0 Å². The van der Waals surface area contributed by atoms with Crippen molar-refractivity contribution in [3.05, 3.63) is 23.9 Å². The summed E-state index contributed by atoms with van der Waals surface area (Å²) in [6.07, 6.45) is 2.20. The molecule has 1 atom stereocenters. The van der Waals surface area contributed by atoms with Gasteiger partial charge in [-0.2, -0.15) is 0 Å². The second-order valence-corrected chi connectivity index (χ2v) is 6.38. The predicted octanol–water partition coefficient (Wildman–Crippen LogP) is 0.389. The monoisotopic (exact) mass is 335 g/mol. The minimum Gasteiger partial charge on any atom is -0.477 e. The zero-order chi connectivity index (χ0) is 17.0. The molecule has 2 aliphatic heterocycles. The average molecular weight is 335 g/mol. The highest BCUT2D eigenvalue weighted by Gasteiger charge is 2.40. The number of carbonyl (C=O) groups excluding carboxylic acids is 1. The van der Waals surface area contributed by atoms with Gasteiger partial charge >= 0.3 is 0 Å². The number of carbonyl (C=O) groups is 1. The van der Waals surface area contributed by atoms with E-state index >= 15 is 0 Å². The van der Waals surface area contributed by atoms with Gasteiger partial charge in [-0.15, -0.1) is 0 Å². The molecule has 0 bridgehead atoms. The zero-order valence-electron chi connectivity index (χ0n) is 14.1. The van der Waals surface area contributed by atoms with Gasteiger partial charge in [0.05, 0.1) is 32.0 Å². The number of amides is 1. The van der Waals surface area contributed by atoms with Crippen LogP contribution in [0.3, 0.4) is 0 Å². The maximum atomic E-state index is 12.8. The SMILES string of the molecule is CCOc1ncccc1C(=O)N1CCC(O)(CN2CCOCC2)C1. The van der Waals surface area contributed by atoms with Crippen LogP contribution < -0.4 is 4.74 Å². The summed E-state index contributed by atoms with van der Waals surface area (Å²) >= 11 is 0. The van der Waals surface area contributed by atoms with E-state index in [1.54, 1.807) is 23.2 Å². The molecule has 7 heteroatoms. The Balaban J connectivity index is 1.65. The smallest absolute Gasteiger partial charge is 0.259 e. The molecule has 1 aromatic heterocycles. The fourth-order valence-electron chi connectivity index (χ4n) is 3.31. The number of pyridine rings is 1. The number of hydrogen-bond acceptors (Lipinski definition) is 6. The fraction of sp³-hybridized carbons (Fsp3) is 0.647. The number of nitrogens with zero attached hydrogens (tertiary/aromatic N) is 3. The van der Waals surface area contributed by atoms with E-state index in [0.717, 1.165) is 13.1 Å². The summed E-state index contributed by atoms with van der Waals surface area (Å²) in [5, 5.41) is 10.9. The lowest BCUT2D eigenvalue weighted by Gasteiger charge is -2.33. The van der Waals surface area contributed by atoms with E-state index in [1.807, 2.05) is 6.92 Å². The normalized spacial score (nSPS) is 25.0. The summed E-state index contributed by atoms with van der Waals surface area (Å²) in [6.45, 7) is 6.83. The minimum atomic E-state index is -0.860. The topological polar surface area (TPSA) is 75.1 Å². The van der Waals surface area contributed by atoms with E-state index in [-0.39, 0.29) is 5.91 Å². The number of morpholine rings is 1. The maximum absolute atomic E-state index is 12.8. The second-order valence-electron chi connectivity index (χ2n) is 6.38. The lowest BCUT2D eigenvalue weighted by Crippen LogP contribution is -2.49. The van der Waals surface area contributed by atoms with Gasteiger partial charge in [0.25, 0.3) is 5.91 Å². The third kappa shape index (κ3) is 3.85. The molecule has 0 saturated carbocycles. The van der Waals surface area contributed by atoms with Crippen LogP contribution in [0.5, 0.6) is 5.88 Å². The highest BCUT2D eigenvalue weighted by molar-refractivity contribution is 5.96. The van der Waals surface area contributed by atoms with Gasteiger partial charge in [-0.3, -0.25) is 9.69 Å². The van der Waals surface area contributed by atoms with Crippen LogP contribution in [0.1, 0.15) is 23.7 Å². The quantitative estimate of drug-likeness (QED) is 0.839. The summed E-state index contributed by atoms with van der Waals surface area (Å²) in [5.74, 6) is 0.220. The molecule has 2 aliphatic rings. The Bertz CT molecular complexity index is 577. The molecule has 1 N–H and O–H groups in total. The van der Waals surface area contributed by atoms with Gasteiger partial charge in [0.2, 0.25) is 5.88 Å². The molecule has 3 heterocycles. The van der Waals surface area contributed by atoms with Crippen molar-refractivity contribution in [1.29, 1.82) is 0 Å². The van der Waals surface area contributed by atoms with E-state index in [1.165, 1.54) is 0 Å². The summed E-state index contributed by atoms with van der Waals surface area (Å²) in [4.78, 5) is 20.8. The van der Waals surface area contributed by atoms with Crippen LogP contribution in [0, 0.1) is 0 Å². The first kappa shape index (κ1) is 17.1. The number of aliphatic hydroxyl groups is 1. The van der Waals surface area contributed by atoms with Crippen molar-refractivity contribution in [2.45, 2.75) is 18.9 Å². The Morgan fingerprint density at radius 3 is 2.96 bits per heavy atom. The Labute approximate surface area is 142 Å². The van der Waals surface area contributed by atoms with Crippen LogP contribution in [0.2, 0.25) is 0 Å². The molecular weight excluding hydrogens is 310 g/mol. The predicted molar refractivity (Wildman–Crippen MR) is 88.1 cm³/mol. The molecule has 0 aromatic carbocycles. The molecule has 0 aliphatic carbocycles. The Kier molecular flexibility index (Phi) is 5.33. The van der Waals surface area contributed by atoms with Crippen molar-refractivity contribution in [3.63, 3.8) is 0 Å². The highest BCUT2D eigenvalue weighted by atomic mass is 16.5. The van der Waals surface area contributed by atoms with Crippen molar-refractivity contribution >= 4 is 5.91 Å². The summed E-state index contributed by atoms with van der Waals surface area (Å²) in [6, 6.07) is 3.45. The van der Waals surface area contributed by atoms with Crippen LogP contribution in [-0.4, -0.2) is 83.9 Å². The van der Waals surface area contributed by atoms with E-state index in [4.69, 9.17) is 9.47 Å². The Hall–Kier alpha value is -1.70. The zero-order valence-corrected chi connectivity index (χ0v) is 14.1. The molecule has 7 nitrogen and oxygen atoms in total. The van der Waals surface area contributed by atoms with Gasteiger partial charge < -0.3 is 19.5 Å². The van der Waals surface area contributed by atoms with Crippen molar-refractivity contribution in [1.82, 2.24) is 14.8 Å². The highest BCUT2D eigenvalue weighted by Crippen LogP contribution is 2.26. The third-order valence-electron chi connectivity index (χ3n) is 4.52. The first-order chi connectivity index (χ1) is 11.6. The summed E-state index contributed by atoms with van der Waals surface area (Å²) in [5.41, 5.74) is -0.406. The van der Waals surface area contributed by atoms with E-state index in [0.29, 0.717) is 57.3 Å². The molecule has 1 aromatic rings. The lowest BCUT2D eigenvalue weighted by atomic mass is 10.0. The largest absolute Gasteiger partial charge is 0.477 e. The number of β-amino-alcohol motifs (C(OH)–C–C–N with tert-alkyl or cyclic N) is 1. The van der Waals surface area contributed by atoms with Gasteiger partial charge in [0, 0.05) is 32.4 Å². The number of likely N-dealkylation sites (tertiary alicyclic amines) is 1. The summed E-state index contributed by atoms with van der Waals surface area (Å²) in [7, 11) is 0. The minimum absolute atomic E-state index is 0.135. The van der Waals surface area contributed by atoms with Gasteiger partial charge in [0.1, 0.15) is 5.56 Å². The molecule has 24 heavy (non-hydrogen) atoms. The number of rotatable bonds is 5. The first-order valence-electron chi connectivity index (χ1n) is 8.51. The van der Waals surface area contributed by atoms with Gasteiger partial charge in [-0.1, -0.05) is 0 Å². The maximum Gasteiger partial charge on any atom is 0.259 e.